The van der Waals surface area contributed by atoms with Crippen LogP contribution in [0, 0.1) is 51.4 Å². The van der Waals surface area contributed by atoms with Gasteiger partial charge in [-0.3, -0.25) is 4.79 Å². The summed E-state index contributed by atoms with van der Waals surface area (Å²) in [5.41, 5.74) is 9.30. The third kappa shape index (κ3) is 14.0. The summed E-state index contributed by atoms with van der Waals surface area (Å²) >= 11 is 0. The van der Waals surface area contributed by atoms with Crippen LogP contribution in [0.5, 0.6) is 11.5 Å². The van der Waals surface area contributed by atoms with Crippen molar-refractivity contribution in [2.75, 3.05) is 13.2 Å². The van der Waals surface area contributed by atoms with Gasteiger partial charge < -0.3 is 24.8 Å². The number of carbonyl (C=O) groups excluding carboxylic acids is 1. The molecule has 0 saturated heterocycles. The zero-order valence-corrected chi connectivity index (χ0v) is 42.9. The number of aryl methyl sites for hydroxylation is 4. The Bertz CT molecular complexity index is 2300. The first-order chi connectivity index (χ1) is 31.4. The second-order valence-electron chi connectivity index (χ2n) is 18.1. The molecule has 6 nitrogen and oxygen atoms in total. The summed E-state index contributed by atoms with van der Waals surface area (Å²) in [5, 5.41) is 30.9. The van der Waals surface area contributed by atoms with Gasteiger partial charge in [-0.05, 0) is 174 Å². The molecule has 4 aromatic carbocycles. The number of aromatic hydroxyl groups is 1. The molecule has 0 heterocycles. The molecule has 0 amide bonds. The number of hydrogen-bond donors (Lipinski definition) is 3. The Morgan fingerprint density at radius 1 is 0.515 bits per heavy atom. The lowest BCUT2D eigenvalue weighted by Crippen LogP contribution is -2.26. The lowest BCUT2D eigenvalue weighted by Gasteiger charge is -2.34. The van der Waals surface area contributed by atoms with Crippen molar-refractivity contribution in [1.82, 2.24) is 0 Å². The fraction of sp³-hybridized carbons (Fsp3) is 0.517. The highest BCUT2D eigenvalue weighted by molar-refractivity contribution is 5.69. The minimum Gasteiger partial charge on any atom is -0.508 e. The van der Waals surface area contributed by atoms with Crippen LogP contribution < -0.4 is 4.74 Å². The zero-order chi connectivity index (χ0) is 49.1. The topological polar surface area (TPSA) is 96.2 Å². The highest BCUT2D eigenvalue weighted by Crippen LogP contribution is 2.42. The van der Waals surface area contributed by atoms with Crippen molar-refractivity contribution < 1.29 is 29.6 Å². The number of benzene rings is 4. The molecule has 6 heteroatoms. The summed E-state index contributed by atoms with van der Waals surface area (Å²) in [7, 11) is 0. The van der Waals surface area contributed by atoms with Crippen molar-refractivity contribution in [3.05, 3.63) is 128 Å². The van der Waals surface area contributed by atoms with E-state index in [0.717, 1.165) is 84.1 Å². The molecule has 0 atom stereocenters. The largest absolute Gasteiger partial charge is 0.508 e. The average molecular weight is 899 g/mol. The van der Waals surface area contributed by atoms with Crippen molar-refractivity contribution in [3.8, 4) is 35.2 Å². The number of unbranched alkanes of at least 4 members (excludes halogenated alkanes) is 2. The second kappa shape index (κ2) is 25.8. The van der Waals surface area contributed by atoms with Crippen LogP contribution in [0.3, 0.4) is 0 Å². The second-order valence-corrected chi connectivity index (χ2v) is 18.1. The van der Waals surface area contributed by atoms with Gasteiger partial charge in [-0.1, -0.05) is 128 Å². The summed E-state index contributed by atoms with van der Waals surface area (Å²) < 4.78 is 11.1. The number of carbonyl (C=O) groups is 1. The first kappa shape index (κ1) is 55.3. The quantitative estimate of drug-likeness (QED) is 0.0465. The normalized spacial score (nSPS) is 11.7. The Morgan fingerprint density at radius 3 is 1.30 bits per heavy atom. The molecule has 0 aliphatic carbocycles. The summed E-state index contributed by atoms with van der Waals surface area (Å²) in [6.07, 6.45) is 9.59. The fourth-order valence-electron chi connectivity index (χ4n) is 8.92. The van der Waals surface area contributed by atoms with Crippen molar-refractivity contribution in [2.45, 2.75) is 189 Å². The summed E-state index contributed by atoms with van der Waals surface area (Å²) in [6.45, 7) is 28.0. The summed E-state index contributed by atoms with van der Waals surface area (Å²) in [4.78, 5) is 11.5. The minimum atomic E-state index is -0.925. The summed E-state index contributed by atoms with van der Waals surface area (Å²) in [6, 6.07) is 25.6. The van der Waals surface area contributed by atoms with E-state index in [1.807, 2.05) is 47.6 Å². The smallest absolute Gasteiger partial charge is 0.305 e. The number of ether oxygens (including phenoxy) is 2. The molecule has 0 fully saturated rings. The number of aliphatic hydroxyl groups is 2. The predicted molar refractivity (Wildman–Crippen MR) is 275 cm³/mol. The van der Waals surface area contributed by atoms with Crippen molar-refractivity contribution in [1.29, 1.82) is 0 Å². The first-order valence-electron chi connectivity index (χ1n) is 24.9. The molecule has 4 aromatic rings. The Balaban J connectivity index is 0.000000367. The zero-order valence-electron chi connectivity index (χ0n) is 42.9. The number of phenolic OH excluding ortho intramolecular Hbond substituents is 1. The van der Waals surface area contributed by atoms with Crippen LogP contribution in [-0.2, 0) is 20.4 Å². The molecule has 358 valence electrons. The predicted octanol–water partition coefficient (Wildman–Crippen LogP) is 13.8. The third-order valence-electron chi connectivity index (χ3n) is 14.2. The number of esters is 1. The van der Waals surface area contributed by atoms with Crippen LogP contribution in [-0.4, -0.2) is 45.7 Å². The Labute approximate surface area is 400 Å². The monoisotopic (exact) mass is 899 g/mol. The van der Waals surface area contributed by atoms with Crippen molar-refractivity contribution >= 4 is 5.97 Å². The van der Waals surface area contributed by atoms with Crippen LogP contribution in [0.1, 0.15) is 195 Å². The molecule has 0 aromatic heterocycles. The van der Waals surface area contributed by atoms with E-state index in [1.165, 1.54) is 22.3 Å². The van der Waals surface area contributed by atoms with Gasteiger partial charge in [0.15, 0.2) is 0 Å². The molecule has 0 saturated carbocycles. The average Bonchev–Trinajstić information content (AvgIpc) is 3.32. The van der Waals surface area contributed by atoms with E-state index in [9.17, 15) is 20.1 Å². The lowest BCUT2D eigenvalue weighted by atomic mass is 9.70. The van der Waals surface area contributed by atoms with Crippen LogP contribution >= 0.6 is 0 Å². The van der Waals surface area contributed by atoms with Gasteiger partial charge >= 0.3 is 5.97 Å². The van der Waals surface area contributed by atoms with Gasteiger partial charge in [-0.2, -0.15) is 0 Å². The van der Waals surface area contributed by atoms with E-state index >= 15 is 0 Å². The standard InChI is InChI=1S/C34H48O4.C26H34O2/c1-8-33(36,9-2)22-21-28-17-18-29(24-26(28)6)34(10-3,11-4)30-19-20-31(27(7)25-30)38-23-15-13-14-16-32(35)37-12-5;1-7-25(28,8-2)16-15-21-11-12-22(17-19(21)5)26(9-3,10-4)23-13-14-24(27)20(6)18-23/h17-20,24-25,36H,8-16,23H2,1-7H3;11-14,17-18,27-28H,7-10H2,1-6H3. The van der Waals surface area contributed by atoms with Gasteiger partial charge in [0.25, 0.3) is 0 Å². The molecule has 4 rings (SSSR count). The lowest BCUT2D eigenvalue weighted by molar-refractivity contribution is -0.143. The maximum absolute atomic E-state index is 11.5. The maximum Gasteiger partial charge on any atom is 0.305 e. The van der Waals surface area contributed by atoms with Crippen LogP contribution in [0.25, 0.3) is 0 Å². The molecular formula is C60H82O6. The van der Waals surface area contributed by atoms with E-state index in [1.54, 1.807) is 6.07 Å². The molecule has 0 spiro atoms. The van der Waals surface area contributed by atoms with E-state index in [-0.39, 0.29) is 16.8 Å². The fourth-order valence-corrected chi connectivity index (χ4v) is 8.92. The number of phenols is 1. The Hall–Kier alpha value is -5.01. The minimum absolute atomic E-state index is 0.0945. The van der Waals surface area contributed by atoms with E-state index in [4.69, 9.17) is 9.47 Å². The molecular weight excluding hydrogens is 817 g/mol. The maximum atomic E-state index is 11.5. The SMILES string of the molecule is CCC(O)(C#Cc1ccc(C(CC)(CC)c2ccc(O)c(C)c2)cc1C)CC.CCOC(=O)CCCCCOc1ccc(C(CC)(CC)c2ccc(C#CC(O)(CC)CC)c(C)c2)cc1C. The van der Waals surface area contributed by atoms with E-state index in [0.29, 0.717) is 51.1 Å². The molecule has 3 N–H and O–H groups in total. The Kier molecular flexibility index (Phi) is 21.6. The van der Waals surface area contributed by atoms with Crippen molar-refractivity contribution in [2.24, 2.45) is 0 Å². The van der Waals surface area contributed by atoms with Crippen LogP contribution in [0.4, 0.5) is 0 Å². The van der Waals surface area contributed by atoms with Gasteiger partial charge in [-0.15, -0.1) is 0 Å². The molecule has 0 radical (unpaired) electrons. The third-order valence-corrected chi connectivity index (χ3v) is 14.2. The van der Waals surface area contributed by atoms with Gasteiger partial charge in [-0.25, -0.2) is 0 Å². The first-order valence-corrected chi connectivity index (χ1v) is 24.9. The highest BCUT2D eigenvalue weighted by atomic mass is 16.5. The van der Waals surface area contributed by atoms with Gasteiger partial charge in [0.2, 0.25) is 0 Å². The van der Waals surface area contributed by atoms with Crippen LogP contribution in [0.15, 0.2) is 72.8 Å². The molecule has 66 heavy (non-hydrogen) atoms. The van der Waals surface area contributed by atoms with Gasteiger partial charge in [0.05, 0.1) is 13.2 Å². The van der Waals surface area contributed by atoms with Crippen LogP contribution in [0.2, 0.25) is 0 Å². The highest BCUT2D eigenvalue weighted by Gasteiger charge is 2.33. The van der Waals surface area contributed by atoms with Gasteiger partial charge in [0.1, 0.15) is 22.7 Å². The molecule has 0 aliphatic rings. The van der Waals surface area contributed by atoms with E-state index < -0.39 is 11.2 Å². The number of hydrogen-bond acceptors (Lipinski definition) is 6. The number of rotatable bonds is 20. The molecule has 0 bridgehead atoms. The molecule has 0 unspecified atom stereocenters. The van der Waals surface area contributed by atoms with Crippen molar-refractivity contribution in [3.63, 3.8) is 0 Å². The Morgan fingerprint density at radius 2 is 0.924 bits per heavy atom. The summed E-state index contributed by atoms with van der Waals surface area (Å²) in [5.74, 6) is 13.7. The van der Waals surface area contributed by atoms with Gasteiger partial charge in [0, 0.05) is 28.4 Å². The van der Waals surface area contributed by atoms with E-state index in [2.05, 4.69) is 133 Å². The molecule has 0 aliphatic heterocycles.